The van der Waals surface area contributed by atoms with Crippen molar-refractivity contribution >= 4 is 0 Å². The molecule has 0 aliphatic carbocycles. The molecule has 0 spiro atoms. The maximum atomic E-state index is 12.4. The first kappa shape index (κ1) is 11.8. The molecule has 1 rings (SSSR count). The number of hydrogen-bond acceptors (Lipinski definition) is 2. The van der Waals surface area contributed by atoms with E-state index in [0.29, 0.717) is 19.0 Å². The Bertz CT molecular complexity index is 205. The number of aliphatic hydroxyl groups is 1. The number of hydrogen-bond donors (Lipinski definition) is 1. The van der Waals surface area contributed by atoms with Crippen molar-refractivity contribution in [2.75, 3.05) is 19.6 Å². The van der Waals surface area contributed by atoms with Gasteiger partial charge in [-0.15, -0.1) is 0 Å². The van der Waals surface area contributed by atoms with Gasteiger partial charge in [-0.05, 0) is 12.3 Å². The van der Waals surface area contributed by atoms with Crippen LogP contribution in [0, 0.1) is 5.92 Å². The maximum absolute atomic E-state index is 12.4. The Morgan fingerprint density at radius 3 is 2.36 bits per heavy atom. The zero-order valence-corrected chi connectivity index (χ0v) is 8.43. The molecule has 0 aromatic heterocycles. The van der Waals surface area contributed by atoms with Crippen molar-refractivity contribution in [3.05, 3.63) is 0 Å². The fourth-order valence-electron chi connectivity index (χ4n) is 1.77. The number of alkyl halides is 3. The Kier molecular flexibility index (Phi) is 3.11. The molecule has 0 amide bonds. The Labute approximate surface area is 81.7 Å². The SMILES string of the molecule is CC(C)CN1CCC(O)(C(F)(F)F)C1. The molecule has 0 bridgehead atoms. The van der Waals surface area contributed by atoms with Crippen LogP contribution in [0.15, 0.2) is 0 Å². The molecule has 1 heterocycles. The molecule has 1 atom stereocenters. The fourth-order valence-corrected chi connectivity index (χ4v) is 1.77. The van der Waals surface area contributed by atoms with E-state index in [1.165, 1.54) is 0 Å². The minimum atomic E-state index is -4.50. The fraction of sp³-hybridized carbons (Fsp3) is 1.00. The molecule has 0 saturated carbocycles. The van der Waals surface area contributed by atoms with Crippen LogP contribution in [-0.4, -0.2) is 41.4 Å². The van der Waals surface area contributed by atoms with Gasteiger partial charge in [0, 0.05) is 19.6 Å². The molecule has 1 saturated heterocycles. The molecule has 1 N–H and O–H groups in total. The smallest absolute Gasteiger partial charge is 0.379 e. The lowest BCUT2D eigenvalue weighted by atomic mass is 10.0. The van der Waals surface area contributed by atoms with Gasteiger partial charge in [0.15, 0.2) is 5.60 Å². The van der Waals surface area contributed by atoms with Crippen LogP contribution in [0.5, 0.6) is 0 Å². The van der Waals surface area contributed by atoms with Gasteiger partial charge in [0.1, 0.15) is 0 Å². The normalized spacial score (nSPS) is 30.2. The lowest BCUT2D eigenvalue weighted by Crippen LogP contribution is -2.47. The Morgan fingerprint density at radius 2 is 2.00 bits per heavy atom. The van der Waals surface area contributed by atoms with Crippen molar-refractivity contribution in [3.8, 4) is 0 Å². The third kappa shape index (κ3) is 2.39. The van der Waals surface area contributed by atoms with Gasteiger partial charge in [-0.1, -0.05) is 13.8 Å². The van der Waals surface area contributed by atoms with Gasteiger partial charge >= 0.3 is 6.18 Å². The zero-order valence-electron chi connectivity index (χ0n) is 8.43. The van der Waals surface area contributed by atoms with Crippen LogP contribution >= 0.6 is 0 Å². The summed E-state index contributed by atoms with van der Waals surface area (Å²) in [7, 11) is 0. The number of likely N-dealkylation sites (tertiary alicyclic amines) is 1. The zero-order chi connectivity index (χ0) is 11.0. The topological polar surface area (TPSA) is 23.5 Å². The number of β-amino-alcohol motifs (C(OH)–C–C–N with tert-alkyl or cyclic N) is 1. The van der Waals surface area contributed by atoms with E-state index < -0.39 is 11.8 Å². The van der Waals surface area contributed by atoms with E-state index in [9.17, 15) is 18.3 Å². The predicted molar refractivity (Wildman–Crippen MR) is 46.9 cm³/mol. The molecule has 0 radical (unpaired) electrons. The Balaban J connectivity index is 2.56. The van der Waals surface area contributed by atoms with Crippen LogP contribution in [0.2, 0.25) is 0 Å². The van der Waals surface area contributed by atoms with Gasteiger partial charge in [0.05, 0.1) is 0 Å². The van der Waals surface area contributed by atoms with Gasteiger partial charge in [0.2, 0.25) is 0 Å². The highest BCUT2D eigenvalue weighted by Gasteiger charge is 2.56. The molecule has 0 aromatic rings. The van der Waals surface area contributed by atoms with Gasteiger partial charge in [0.25, 0.3) is 0 Å². The molecular weight excluding hydrogens is 195 g/mol. The lowest BCUT2D eigenvalue weighted by molar-refractivity contribution is -0.254. The second-order valence-corrected chi connectivity index (χ2v) is 4.41. The highest BCUT2D eigenvalue weighted by molar-refractivity contribution is 4.95. The Morgan fingerprint density at radius 1 is 1.43 bits per heavy atom. The van der Waals surface area contributed by atoms with E-state index >= 15 is 0 Å². The summed E-state index contributed by atoms with van der Waals surface area (Å²) in [5.74, 6) is 0.325. The van der Waals surface area contributed by atoms with Crippen molar-refractivity contribution in [1.29, 1.82) is 0 Å². The highest BCUT2D eigenvalue weighted by atomic mass is 19.4. The van der Waals surface area contributed by atoms with E-state index in [4.69, 9.17) is 0 Å². The first-order valence-electron chi connectivity index (χ1n) is 4.76. The minimum absolute atomic E-state index is 0.205. The molecule has 2 nitrogen and oxygen atoms in total. The van der Waals surface area contributed by atoms with Crippen LogP contribution in [0.4, 0.5) is 13.2 Å². The van der Waals surface area contributed by atoms with Gasteiger partial charge in [-0.2, -0.15) is 13.2 Å². The van der Waals surface area contributed by atoms with Crippen LogP contribution in [0.25, 0.3) is 0 Å². The summed E-state index contributed by atoms with van der Waals surface area (Å²) in [5.41, 5.74) is -2.48. The molecule has 0 aromatic carbocycles. The standard InChI is InChI=1S/C9H16F3NO/c1-7(2)5-13-4-3-8(14,6-13)9(10,11)12/h7,14H,3-6H2,1-2H3. The molecule has 14 heavy (non-hydrogen) atoms. The third-order valence-corrected chi connectivity index (χ3v) is 2.48. The molecule has 1 fully saturated rings. The van der Waals surface area contributed by atoms with Gasteiger partial charge < -0.3 is 5.11 Å². The summed E-state index contributed by atoms with van der Waals surface area (Å²) in [4.78, 5) is 1.66. The van der Waals surface area contributed by atoms with Crippen LogP contribution in [0.3, 0.4) is 0 Å². The third-order valence-electron chi connectivity index (χ3n) is 2.48. The van der Waals surface area contributed by atoms with Crippen molar-refractivity contribution in [2.45, 2.75) is 32.0 Å². The number of rotatable bonds is 2. The predicted octanol–water partition coefficient (Wildman–Crippen LogP) is 1.64. The summed E-state index contributed by atoms with van der Waals surface area (Å²) in [6.45, 7) is 4.55. The van der Waals surface area contributed by atoms with Crippen LogP contribution in [-0.2, 0) is 0 Å². The van der Waals surface area contributed by atoms with E-state index in [0.717, 1.165) is 0 Å². The van der Waals surface area contributed by atoms with E-state index in [1.54, 1.807) is 4.90 Å². The lowest BCUT2D eigenvalue weighted by Gasteiger charge is -2.26. The van der Waals surface area contributed by atoms with Gasteiger partial charge in [-0.3, -0.25) is 4.90 Å². The van der Waals surface area contributed by atoms with Crippen molar-refractivity contribution in [1.82, 2.24) is 4.90 Å². The Hall–Kier alpha value is -0.290. The molecule has 1 aliphatic heterocycles. The average molecular weight is 211 g/mol. The monoisotopic (exact) mass is 211 g/mol. The summed E-state index contributed by atoms with van der Waals surface area (Å²) in [6, 6.07) is 0. The first-order valence-corrected chi connectivity index (χ1v) is 4.76. The first-order chi connectivity index (χ1) is 6.24. The van der Waals surface area contributed by atoms with Crippen molar-refractivity contribution in [3.63, 3.8) is 0 Å². The summed E-state index contributed by atoms with van der Waals surface area (Å²) in [5, 5.41) is 9.34. The summed E-state index contributed by atoms with van der Waals surface area (Å²) >= 11 is 0. The van der Waals surface area contributed by atoms with Crippen LogP contribution < -0.4 is 0 Å². The van der Waals surface area contributed by atoms with Crippen molar-refractivity contribution in [2.24, 2.45) is 5.92 Å². The molecule has 5 heteroatoms. The minimum Gasteiger partial charge on any atom is -0.379 e. The molecule has 84 valence electrons. The summed E-state index contributed by atoms with van der Waals surface area (Å²) in [6.07, 6.45) is -4.71. The largest absolute Gasteiger partial charge is 0.418 e. The van der Waals surface area contributed by atoms with E-state index in [1.807, 2.05) is 13.8 Å². The second kappa shape index (κ2) is 3.70. The quantitative estimate of drug-likeness (QED) is 0.750. The maximum Gasteiger partial charge on any atom is 0.418 e. The molecule has 1 unspecified atom stereocenters. The molecular formula is C9H16F3NO. The number of halogens is 3. The molecule has 1 aliphatic rings. The second-order valence-electron chi connectivity index (χ2n) is 4.41. The van der Waals surface area contributed by atoms with E-state index in [2.05, 4.69) is 0 Å². The highest BCUT2D eigenvalue weighted by Crippen LogP contribution is 2.37. The van der Waals surface area contributed by atoms with Gasteiger partial charge in [-0.25, -0.2) is 0 Å². The average Bonchev–Trinajstić information content (AvgIpc) is 2.30. The summed E-state index contributed by atoms with van der Waals surface area (Å²) < 4.78 is 37.1. The van der Waals surface area contributed by atoms with Crippen molar-refractivity contribution < 1.29 is 18.3 Å². The van der Waals surface area contributed by atoms with Crippen LogP contribution in [0.1, 0.15) is 20.3 Å². The number of nitrogens with zero attached hydrogens (tertiary/aromatic N) is 1. The van der Waals surface area contributed by atoms with E-state index in [-0.39, 0.29) is 13.0 Å².